The number of nitrogens with zero attached hydrogens (tertiary/aromatic N) is 5. The number of aromatic nitrogens is 4. The fraction of sp³-hybridized carbons (Fsp3) is 0.286. The molecule has 3 rings (SSSR count). The molecule has 0 radical (unpaired) electrons. The molecule has 21 heavy (non-hydrogen) atoms. The van der Waals surface area contributed by atoms with Crippen LogP contribution in [0.25, 0.3) is 10.2 Å². The molecule has 0 saturated carbocycles. The number of benzene rings is 1. The van der Waals surface area contributed by atoms with Crippen molar-refractivity contribution >= 4 is 27.5 Å². The van der Waals surface area contributed by atoms with Gasteiger partial charge in [0.05, 0.1) is 23.3 Å². The second-order valence-corrected chi connectivity index (χ2v) is 5.85. The van der Waals surface area contributed by atoms with E-state index in [1.54, 1.807) is 34.3 Å². The zero-order valence-electron chi connectivity index (χ0n) is 11.6. The standard InChI is InChI=1S/C14H15N5OS/c1-18(14(20)6-7-19-10-15-9-16-19)8-13-17-11-4-2-3-5-12(11)21-13/h2-5,9-10H,6-8H2,1H3. The van der Waals surface area contributed by atoms with E-state index in [1.165, 1.54) is 6.33 Å². The lowest BCUT2D eigenvalue weighted by molar-refractivity contribution is -0.130. The van der Waals surface area contributed by atoms with Gasteiger partial charge in [-0.3, -0.25) is 9.48 Å². The monoisotopic (exact) mass is 301 g/mol. The Balaban J connectivity index is 1.59. The lowest BCUT2D eigenvalue weighted by Crippen LogP contribution is -2.27. The van der Waals surface area contributed by atoms with Crippen molar-refractivity contribution in [1.82, 2.24) is 24.6 Å². The molecular formula is C14H15N5OS. The quantitative estimate of drug-likeness (QED) is 0.722. The molecule has 0 unspecified atom stereocenters. The Labute approximate surface area is 126 Å². The summed E-state index contributed by atoms with van der Waals surface area (Å²) in [6.45, 7) is 1.08. The number of hydrogen-bond acceptors (Lipinski definition) is 5. The number of fused-ring (bicyclic) bond motifs is 1. The maximum atomic E-state index is 12.1. The van der Waals surface area contributed by atoms with Gasteiger partial charge in [-0.25, -0.2) is 9.97 Å². The van der Waals surface area contributed by atoms with Gasteiger partial charge in [-0.15, -0.1) is 11.3 Å². The number of aryl methyl sites for hydroxylation is 1. The van der Waals surface area contributed by atoms with Gasteiger partial charge in [0.2, 0.25) is 5.91 Å². The molecule has 0 fully saturated rings. The minimum absolute atomic E-state index is 0.0738. The molecular weight excluding hydrogens is 286 g/mol. The van der Waals surface area contributed by atoms with Gasteiger partial charge in [-0.2, -0.15) is 5.10 Å². The molecule has 3 aromatic rings. The second-order valence-electron chi connectivity index (χ2n) is 4.73. The molecule has 0 aliphatic heterocycles. The molecule has 1 amide bonds. The second kappa shape index (κ2) is 6.01. The van der Waals surface area contributed by atoms with Gasteiger partial charge < -0.3 is 4.90 Å². The van der Waals surface area contributed by atoms with Crippen LogP contribution in [-0.4, -0.2) is 37.6 Å². The van der Waals surface area contributed by atoms with Crippen LogP contribution in [0.3, 0.4) is 0 Å². The summed E-state index contributed by atoms with van der Waals surface area (Å²) in [4.78, 5) is 22.2. The van der Waals surface area contributed by atoms with E-state index in [4.69, 9.17) is 0 Å². The van der Waals surface area contributed by atoms with Crippen LogP contribution in [0.4, 0.5) is 0 Å². The molecule has 108 valence electrons. The van der Waals surface area contributed by atoms with Crippen LogP contribution in [0.2, 0.25) is 0 Å². The van der Waals surface area contributed by atoms with Crippen LogP contribution >= 0.6 is 11.3 Å². The SMILES string of the molecule is CN(Cc1nc2ccccc2s1)C(=O)CCn1cncn1. The third kappa shape index (κ3) is 3.25. The van der Waals surface area contributed by atoms with Gasteiger partial charge in [0, 0.05) is 13.5 Å². The molecule has 0 aliphatic carbocycles. The predicted octanol–water partition coefficient (Wildman–Crippen LogP) is 1.94. The first-order valence-corrected chi connectivity index (χ1v) is 7.45. The third-order valence-corrected chi connectivity index (χ3v) is 4.18. The number of carbonyl (C=O) groups excluding carboxylic acids is 1. The number of rotatable bonds is 5. The van der Waals surface area contributed by atoms with Gasteiger partial charge in [-0.05, 0) is 12.1 Å². The van der Waals surface area contributed by atoms with E-state index >= 15 is 0 Å². The zero-order chi connectivity index (χ0) is 14.7. The Morgan fingerprint density at radius 3 is 3.00 bits per heavy atom. The van der Waals surface area contributed by atoms with E-state index in [0.29, 0.717) is 19.5 Å². The van der Waals surface area contributed by atoms with E-state index in [0.717, 1.165) is 15.2 Å². The summed E-state index contributed by atoms with van der Waals surface area (Å²) in [5, 5.41) is 4.94. The summed E-state index contributed by atoms with van der Waals surface area (Å²) in [7, 11) is 1.80. The average molecular weight is 301 g/mol. The summed E-state index contributed by atoms with van der Waals surface area (Å²) >= 11 is 1.63. The molecule has 0 spiro atoms. The van der Waals surface area contributed by atoms with Crippen LogP contribution < -0.4 is 0 Å². The Bertz CT molecular complexity index is 704. The molecule has 7 heteroatoms. The average Bonchev–Trinajstić information content (AvgIpc) is 3.13. The molecule has 1 aromatic carbocycles. The molecule has 0 atom stereocenters. The smallest absolute Gasteiger partial charge is 0.224 e. The first-order chi connectivity index (χ1) is 10.2. The summed E-state index contributed by atoms with van der Waals surface area (Å²) in [6.07, 6.45) is 3.49. The topological polar surface area (TPSA) is 63.9 Å². The Hall–Kier alpha value is -2.28. The normalized spacial score (nSPS) is 10.9. The van der Waals surface area contributed by atoms with E-state index in [-0.39, 0.29) is 5.91 Å². The van der Waals surface area contributed by atoms with Gasteiger partial charge in [0.25, 0.3) is 0 Å². The van der Waals surface area contributed by atoms with Crippen molar-refractivity contribution in [2.45, 2.75) is 19.5 Å². The number of amides is 1. The lowest BCUT2D eigenvalue weighted by atomic mass is 10.3. The summed E-state index contributed by atoms with van der Waals surface area (Å²) < 4.78 is 2.81. The minimum atomic E-state index is 0.0738. The number of carbonyl (C=O) groups is 1. The molecule has 2 heterocycles. The highest BCUT2D eigenvalue weighted by Gasteiger charge is 2.12. The lowest BCUT2D eigenvalue weighted by Gasteiger charge is -2.15. The van der Waals surface area contributed by atoms with Gasteiger partial charge in [0.1, 0.15) is 17.7 Å². The fourth-order valence-electron chi connectivity index (χ4n) is 2.03. The maximum absolute atomic E-state index is 12.1. The summed E-state index contributed by atoms with van der Waals surface area (Å²) in [5.41, 5.74) is 0.987. The van der Waals surface area contributed by atoms with Crippen LogP contribution in [-0.2, 0) is 17.9 Å². The molecule has 0 saturated heterocycles. The van der Waals surface area contributed by atoms with Gasteiger partial charge in [-0.1, -0.05) is 12.1 Å². The Kier molecular flexibility index (Phi) is 3.92. The first-order valence-electron chi connectivity index (χ1n) is 6.63. The molecule has 6 nitrogen and oxygen atoms in total. The van der Waals surface area contributed by atoms with Crippen LogP contribution in [0.15, 0.2) is 36.9 Å². The highest BCUT2D eigenvalue weighted by molar-refractivity contribution is 7.18. The van der Waals surface area contributed by atoms with E-state index < -0.39 is 0 Å². The minimum Gasteiger partial charge on any atom is -0.339 e. The molecule has 2 aromatic heterocycles. The Morgan fingerprint density at radius 1 is 1.38 bits per heavy atom. The summed E-state index contributed by atoms with van der Waals surface area (Å²) in [6, 6.07) is 8.00. The van der Waals surface area contributed by atoms with E-state index in [2.05, 4.69) is 15.1 Å². The number of hydrogen-bond donors (Lipinski definition) is 0. The van der Waals surface area contributed by atoms with Crippen LogP contribution in [0.1, 0.15) is 11.4 Å². The van der Waals surface area contributed by atoms with Crippen molar-refractivity contribution < 1.29 is 4.79 Å². The zero-order valence-corrected chi connectivity index (χ0v) is 12.5. The van der Waals surface area contributed by atoms with Crippen molar-refractivity contribution in [3.05, 3.63) is 41.9 Å². The largest absolute Gasteiger partial charge is 0.339 e. The predicted molar refractivity (Wildman–Crippen MR) is 80.7 cm³/mol. The molecule has 0 bridgehead atoms. The molecule has 0 aliphatic rings. The van der Waals surface area contributed by atoms with E-state index in [9.17, 15) is 4.79 Å². The molecule has 0 N–H and O–H groups in total. The van der Waals surface area contributed by atoms with Crippen molar-refractivity contribution in [2.24, 2.45) is 0 Å². The Morgan fingerprint density at radius 2 is 2.24 bits per heavy atom. The van der Waals surface area contributed by atoms with Gasteiger partial charge in [0.15, 0.2) is 0 Å². The number of thiazole rings is 1. The highest BCUT2D eigenvalue weighted by Crippen LogP contribution is 2.22. The van der Waals surface area contributed by atoms with E-state index in [1.807, 2.05) is 24.3 Å². The fourth-order valence-corrected chi connectivity index (χ4v) is 3.05. The van der Waals surface area contributed by atoms with Crippen molar-refractivity contribution in [3.8, 4) is 0 Å². The third-order valence-electron chi connectivity index (χ3n) is 3.16. The van der Waals surface area contributed by atoms with Crippen molar-refractivity contribution in [2.75, 3.05) is 7.05 Å². The van der Waals surface area contributed by atoms with Crippen LogP contribution in [0.5, 0.6) is 0 Å². The van der Waals surface area contributed by atoms with Crippen molar-refractivity contribution in [1.29, 1.82) is 0 Å². The summed E-state index contributed by atoms with van der Waals surface area (Å²) in [5.74, 6) is 0.0738. The van der Waals surface area contributed by atoms with Gasteiger partial charge >= 0.3 is 0 Å². The maximum Gasteiger partial charge on any atom is 0.224 e. The number of para-hydroxylation sites is 1. The van der Waals surface area contributed by atoms with Crippen LogP contribution in [0, 0.1) is 0 Å². The highest BCUT2D eigenvalue weighted by atomic mass is 32.1. The first kappa shape index (κ1) is 13.7. The van der Waals surface area contributed by atoms with Crippen molar-refractivity contribution in [3.63, 3.8) is 0 Å².